The van der Waals surface area contributed by atoms with Crippen molar-refractivity contribution < 1.29 is 9.59 Å². The summed E-state index contributed by atoms with van der Waals surface area (Å²) in [5, 5.41) is 8.05. The van der Waals surface area contributed by atoms with E-state index in [4.69, 9.17) is 0 Å². The van der Waals surface area contributed by atoms with Crippen LogP contribution in [0.1, 0.15) is 24.1 Å². The van der Waals surface area contributed by atoms with Gasteiger partial charge >= 0.3 is 0 Å². The lowest BCUT2D eigenvalue weighted by Crippen LogP contribution is -2.41. The number of likely N-dealkylation sites (tertiary alicyclic amines) is 1. The number of rotatable bonds is 8. The predicted octanol–water partition coefficient (Wildman–Crippen LogP) is 3.91. The maximum Gasteiger partial charge on any atom is 0.225 e. The summed E-state index contributed by atoms with van der Waals surface area (Å²) in [5.74, 6) is 0.288. The van der Waals surface area contributed by atoms with Gasteiger partial charge in [0.25, 0.3) is 0 Å². The van der Waals surface area contributed by atoms with Gasteiger partial charge in [0.05, 0.1) is 0 Å². The van der Waals surface area contributed by atoms with E-state index in [-0.39, 0.29) is 17.7 Å². The molecule has 2 amide bonds. The largest absolute Gasteiger partial charge is 0.355 e. The number of benzene rings is 1. The average molecular weight is 464 g/mol. The van der Waals surface area contributed by atoms with Crippen LogP contribution in [-0.4, -0.2) is 42.9 Å². The van der Waals surface area contributed by atoms with E-state index in [1.165, 1.54) is 4.88 Å². The van der Waals surface area contributed by atoms with E-state index in [2.05, 4.69) is 42.9 Å². The predicted molar refractivity (Wildman–Crippen MR) is 118 cm³/mol. The summed E-state index contributed by atoms with van der Waals surface area (Å²) in [5.41, 5.74) is 0.811. The topological polar surface area (TPSA) is 61.4 Å². The first-order chi connectivity index (χ1) is 13.6. The van der Waals surface area contributed by atoms with E-state index in [9.17, 15) is 9.59 Å². The molecule has 0 radical (unpaired) electrons. The van der Waals surface area contributed by atoms with Crippen molar-refractivity contribution in [2.24, 2.45) is 5.92 Å². The van der Waals surface area contributed by atoms with Gasteiger partial charge in [0, 0.05) is 40.5 Å². The zero-order valence-corrected chi connectivity index (χ0v) is 18.2. The molecule has 0 atom stereocenters. The van der Waals surface area contributed by atoms with Crippen LogP contribution in [0.5, 0.6) is 0 Å². The lowest BCUT2D eigenvalue weighted by molar-refractivity contribution is -0.126. The van der Waals surface area contributed by atoms with Crippen molar-refractivity contribution in [3.05, 3.63) is 51.1 Å². The Morgan fingerprint density at radius 3 is 2.57 bits per heavy atom. The van der Waals surface area contributed by atoms with E-state index in [1.807, 2.05) is 30.3 Å². The highest BCUT2D eigenvalue weighted by atomic mass is 79.9. The molecule has 7 heteroatoms. The fourth-order valence-corrected chi connectivity index (χ4v) is 4.32. The van der Waals surface area contributed by atoms with E-state index < -0.39 is 0 Å². The second-order valence-corrected chi connectivity index (χ2v) is 8.99. The Balaban J connectivity index is 1.30. The molecular formula is C21H26BrN3O2S. The van der Waals surface area contributed by atoms with Crippen molar-refractivity contribution >= 4 is 44.8 Å². The number of hydrogen-bond acceptors (Lipinski definition) is 4. The van der Waals surface area contributed by atoms with Gasteiger partial charge in [0.15, 0.2) is 0 Å². The Kier molecular flexibility index (Phi) is 8.06. The fraction of sp³-hybridized carbons (Fsp3) is 0.429. The first kappa shape index (κ1) is 21.0. The van der Waals surface area contributed by atoms with Crippen LogP contribution in [0.4, 0.5) is 5.69 Å². The number of amides is 2. The third kappa shape index (κ3) is 6.72. The minimum atomic E-state index is 0.0239. The second kappa shape index (κ2) is 10.7. The van der Waals surface area contributed by atoms with Crippen LogP contribution in [0.25, 0.3) is 0 Å². The molecule has 28 heavy (non-hydrogen) atoms. The molecule has 5 nitrogen and oxygen atoms in total. The normalized spacial score (nSPS) is 15.3. The molecule has 1 aromatic carbocycles. The fourth-order valence-electron chi connectivity index (χ4n) is 3.34. The minimum Gasteiger partial charge on any atom is -0.355 e. The Morgan fingerprint density at radius 1 is 1.14 bits per heavy atom. The van der Waals surface area contributed by atoms with Crippen LogP contribution in [0.3, 0.4) is 0 Å². The highest BCUT2D eigenvalue weighted by Crippen LogP contribution is 2.18. The minimum absolute atomic E-state index is 0.0239. The standard InChI is InChI=1S/C21H26BrN3O2S/c22-17-3-5-18(6-4-17)24-20(26)10-14-25-12-8-16(9-13-25)21(27)23-11-7-19-2-1-15-28-19/h1-6,15-16H,7-14H2,(H,23,27)(H,24,26). The first-order valence-electron chi connectivity index (χ1n) is 9.68. The van der Waals surface area contributed by atoms with Crippen molar-refractivity contribution in [3.8, 4) is 0 Å². The number of carbonyl (C=O) groups is 2. The molecule has 0 spiro atoms. The van der Waals surface area contributed by atoms with Gasteiger partial charge in [0.2, 0.25) is 11.8 Å². The summed E-state index contributed by atoms with van der Waals surface area (Å²) in [6.07, 6.45) is 3.09. The van der Waals surface area contributed by atoms with Crippen LogP contribution >= 0.6 is 27.3 Å². The van der Waals surface area contributed by atoms with Gasteiger partial charge in [0.1, 0.15) is 0 Å². The Hall–Kier alpha value is -1.70. The molecule has 2 heterocycles. The molecule has 3 rings (SSSR count). The van der Waals surface area contributed by atoms with E-state index in [1.54, 1.807) is 11.3 Å². The molecule has 0 bridgehead atoms. The highest BCUT2D eigenvalue weighted by molar-refractivity contribution is 9.10. The number of piperidine rings is 1. The van der Waals surface area contributed by atoms with Gasteiger partial charge in [-0.2, -0.15) is 0 Å². The summed E-state index contributed by atoms with van der Waals surface area (Å²) < 4.78 is 0.990. The third-order valence-corrected chi connectivity index (χ3v) is 6.46. The number of hydrogen-bond donors (Lipinski definition) is 2. The molecule has 1 aliphatic heterocycles. The molecular weight excluding hydrogens is 438 g/mol. The maximum atomic E-state index is 12.3. The van der Waals surface area contributed by atoms with Gasteiger partial charge < -0.3 is 15.5 Å². The van der Waals surface area contributed by atoms with Gasteiger partial charge in [-0.3, -0.25) is 9.59 Å². The number of carbonyl (C=O) groups excluding carboxylic acids is 2. The first-order valence-corrected chi connectivity index (χ1v) is 11.4. The lowest BCUT2D eigenvalue weighted by atomic mass is 9.95. The van der Waals surface area contributed by atoms with Crippen LogP contribution < -0.4 is 10.6 Å². The summed E-state index contributed by atoms with van der Waals surface area (Å²) in [6.45, 7) is 3.17. The smallest absolute Gasteiger partial charge is 0.225 e. The zero-order valence-electron chi connectivity index (χ0n) is 15.8. The van der Waals surface area contributed by atoms with Crippen molar-refractivity contribution in [2.45, 2.75) is 25.7 Å². The second-order valence-electron chi connectivity index (χ2n) is 7.04. The molecule has 1 saturated heterocycles. The Labute approximate surface area is 178 Å². The van der Waals surface area contributed by atoms with Crippen LogP contribution in [0, 0.1) is 5.92 Å². The maximum absolute atomic E-state index is 12.3. The monoisotopic (exact) mass is 463 g/mol. The van der Waals surface area contributed by atoms with Crippen molar-refractivity contribution in [1.29, 1.82) is 0 Å². The average Bonchev–Trinajstić information content (AvgIpc) is 3.22. The highest BCUT2D eigenvalue weighted by Gasteiger charge is 2.24. The number of nitrogens with one attached hydrogen (secondary N) is 2. The Morgan fingerprint density at radius 2 is 1.89 bits per heavy atom. The van der Waals surface area contributed by atoms with Crippen LogP contribution in [-0.2, 0) is 16.0 Å². The van der Waals surface area contributed by atoms with Crippen molar-refractivity contribution in [3.63, 3.8) is 0 Å². The quantitative estimate of drug-likeness (QED) is 0.623. The molecule has 1 aliphatic rings. The van der Waals surface area contributed by atoms with Crippen molar-refractivity contribution in [1.82, 2.24) is 10.2 Å². The summed E-state index contributed by atoms with van der Waals surface area (Å²) in [7, 11) is 0. The van der Waals surface area contributed by atoms with Crippen molar-refractivity contribution in [2.75, 3.05) is 31.5 Å². The SMILES string of the molecule is O=C(CCN1CCC(C(=O)NCCc2cccs2)CC1)Nc1ccc(Br)cc1. The van der Waals surface area contributed by atoms with Gasteiger partial charge in [-0.05, 0) is 68.1 Å². The number of thiophene rings is 1. The summed E-state index contributed by atoms with van der Waals surface area (Å²) in [6, 6.07) is 11.7. The van der Waals surface area contributed by atoms with E-state index in [0.29, 0.717) is 13.0 Å². The number of nitrogens with zero attached hydrogens (tertiary/aromatic N) is 1. The van der Waals surface area contributed by atoms with Crippen LogP contribution in [0.15, 0.2) is 46.3 Å². The number of halogens is 1. The molecule has 150 valence electrons. The Bertz CT molecular complexity index is 756. The van der Waals surface area contributed by atoms with Gasteiger partial charge in [-0.1, -0.05) is 22.0 Å². The number of anilines is 1. The van der Waals surface area contributed by atoms with E-state index in [0.717, 1.165) is 49.1 Å². The molecule has 1 fully saturated rings. The van der Waals surface area contributed by atoms with Crippen LogP contribution in [0.2, 0.25) is 0 Å². The van der Waals surface area contributed by atoms with Gasteiger partial charge in [-0.25, -0.2) is 0 Å². The molecule has 0 saturated carbocycles. The van der Waals surface area contributed by atoms with Gasteiger partial charge in [-0.15, -0.1) is 11.3 Å². The van der Waals surface area contributed by atoms with E-state index >= 15 is 0 Å². The molecule has 1 aromatic heterocycles. The third-order valence-electron chi connectivity index (χ3n) is 4.99. The summed E-state index contributed by atoms with van der Waals surface area (Å²) in [4.78, 5) is 28.0. The molecule has 0 aliphatic carbocycles. The summed E-state index contributed by atoms with van der Waals surface area (Å²) >= 11 is 5.11. The molecule has 2 aromatic rings. The lowest BCUT2D eigenvalue weighted by Gasteiger charge is -2.31. The molecule has 2 N–H and O–H groups in total. The molecule has 0 unspecified atom stereocenters. The zero-order chi connectivity index (χ0) is 19.8.